The molecule has 0 aliphatic carbocycles. The minimum atomic E-state index is -0.508. The number of para-hydroxylation sites is 1. The molecule has 3 rings (SSSR count). The molecule has 0 bridgehead atoms. The van der Waals surface area contributed by atoms with Gasteiger partial charge in [-0.15, -0.1) is 0 Å². The Balaban J connectivity index is 1.52. The highest BCUT2D eigenvalue weighted by Gasteiger charge is 2.09. The van der Waals surface area contributed by atoms with Crippen LogP contribution in [0.3, 0.4) is 0 Å². The van der Waals surface area contributed by atoms with Crippen molar-refractivity contribution in [2.24, 2.45) is 0 Å². The molecule has 0 atom stereocenters. The van der Waals surface area contributed by atoms with Gasteiger partial charge in [-0.25, -0.2) is 9.37 Å². The summed E-state index contributed by atoms with van der Waals surface area (Å²) in [5.41, 5.74) is 1.09. The third kappa shape index (κ3) is 4.69. The van der Waals surface area contributed by atoms with Gasteiger partial charge in [-0.3, -0.25) is 14.2 Å². The molecule has 0 saturated heterocycles. The SMILES string of the molecule is CN(CCCNC(=O)Cn1cnc2ccc(F)cc2c1=O)c1ccccc1. The van der Waals surface area contributed by atoms with Crippen molar-refractivity contribution in [1.29, 1.82) is 0 Å². The summed E-state index contributed by atoms with van der Waals surface area (Å²) in [6, 6.07) is 13.8. The molecule has 0 fully saturated rings. The Morgan fingerprint density at radius 2 is 2.00 bits per heavy atom. The fourth-order valence-electron chi connectivity index (χ4n) is 2.81. The fraction of sp³-hybridized carbons (Fsp3) is 0.250. The smallest absolute Gasteiger partial charge is 0.261 e. The number of amides is 1. The topological polar surface area (TPSA) is 67.2 Å². The number of benzene rings is 2. The molecular formula is C20H21FN4O2. The standard InChI is InChI=1S/C20H21FN4O2/c1-24(16-6-3-2-4-7-16)11-5-10-22-19(26)13-25-14-23-18-9-8-15(21)12-17(18)20(25)27/h2-4,6-9,12,14H,5,10-11,13H2,1H3,(H,22,26). The zero-order valence-electron chi connectivity index (χ0n) is 15.1. The lowest BCUT2D eigenvalue weighted by Gasteiger charge is -2.19. The summed E-state index contributed by atoms with van der Waals surface area (Å²) in [7, 11) is 2.00. The maximum Gasteiger partial charge on any atom is 0.261 e. The van der Waals surface area contributed by atoms with Crippen molar-refractivity contribution < 1.29 is 9.18 Å². The molecule has 3 aromatic rings. The first-order chi connectivity index (χ1) is 13.0. The fourth-order valence-corrected chi connectivity index (χ4v) is 2.81. The van der Waals surface area contributed by atoms with Crippen molar-refractivity contribution in [3.63, 3.8) is 0 Å². The van der Waals surface area contributed by atoms with Crippen LogP contribution in [0, 0.1) is 5.82 Å². The zero-order valence-corrected chi connectivity index (χ0v) is 15.1. The highest BCUT2D eigenvalue weighted by molar-refractivity contribution is 5.79. The first-order valence-corrected chi connectivity index (χ1v) is 8.72. The predicted octanol–water partition coefficient (Wildman–Crippen LogP) is 2.18. The zero-order chi connectivity index (χ0) is 19.2. The minimum absolute atomic E-state index is 0.146. The molecule has 140 valence electrons. The van der Waals surface area contributed by atoms with Crippen LogP contribution in [-0.2, 0) is 11.3 Å². The highest BCUT2D eigenvalue weighted by Crippen LogP contribution is 2.11. The number of nitrogens with one attached hydrogen (secondary N) is 1. The number of fused-ring (bicyclic) bond motifs is 1. The molecule has 1 N–H and O–H groups in total. The summed E-state index contributed by atoms with van der Waals surface area (Å²) >= 11 is 0. The van der Waals surface area contributed by atoms with E-state index in [1.54, 1.807) is 0 Å². The lowest BCUT2D eigenvalue weighted by Crippen LogP contribution is -2.34. The number of rotatable bonds is 7. The number of halogens is 1. The Bertz CT molecular complexity index is 988. The Morgan fingerprint density at radius 1 is 1.22 bits per heavy atom. The van der Waals surface area contributed by atoms with Crippen LogP contribution in [0.1, 0.15) is 6.42 Å². The molecule has 0 spiro atoms. The van der Waals surface area contributed by atoms with Gasteiger partial charge < -0.3 is 10.2 Å². The summed E-state index contributed by atoms with van der Waals surface area (Å²) < 4.78 is 14.5. The van der Waals surface area contributed by atoms with Crippen molar-refractivity contribution >= 4 is 22.5 Å². The quantitative estimate of drug-likeness (QED) is 0.649. The number of carbonyl (C=O) groups is 1. The predicted molar refractivity (Wildman–Crippen MR) is 103 cm³/mol. The average molecular weight is 368 g/mol. The second-order valence-electron chi connectivity index (χ2n) is 6.30. The van der Waals surface area contributed by atoms with Gasteiger partial charge in [0.1, 0.15) is 12.4 Å². The van der Waals surface area contributed by atoms with Crippen LogP contribution in [-0.4, -0.2) is 35.6 Å². The molecule has 0 radical (unpaired) electrons. The number of hydrogen-bond acceptors (Lipinski definition) is 4. The average Bonchev–Trinajstić information content (AvgIpc) is 2.68. The molecule has 7 heteroatoms. The number of nitrogens with zero attached hydrogens (tertiary/aromatic N) is 3. The van der Waals surface area contributed by atoms with Crippen molar-refractivity contribution in [1.82, 2.24) is 14.9 Å². The van der Waals surface area contributed by atoms with Crippen LogP contribution in [0.2, 0.25) is 0 Å². The lowest BCUT2D eigenvalue weighted by atomic mass is 10.2. The third-order valence-electron chi connectivity index (χ3n) is 4.29. The van der Waals surface area contributed by atoms with Crippen LogP contribution in [0.4, 0.5) is 10.1 Å². The van der Waals surface area contributed by atoms with E-state index in [0.717, 1.165) is 24.7 Å². The van der Waals surface area contributed by atoms with Crippen LogP contribution in [0.15, 0.2) is 59.7 Å². The summed E-state index contributed by atoms with van der Waals surface area (Å²) in [5, 5.41) is 2.96. The number of hydrogen-bond donors (Lipinski definition) is 1. The van der Waals surface area contributed by atoms with Gasteiger partial charge in [0, 0.05) is 25.8 Å². The van der Waals surface area contributed by atoms with E-state index < -0.39 is 11.4 Å². The Kier molecular flexibility index (Phi) is 5.80. The molecule has 1 heterocycles. The molecule has 1 amide bonds. The third-order valence-corrected chi connectivity index (χ3v) is 4.29. The van der Waals surface area contributed by atoms with E-state index in [4.69, 9.17) is 0 Å². The second kappa shape index (κ2) is 8.44. The maximum absolute atomic E-state index is 13.3. The van der Waals surface area contributed by atoms with Gasteiger partial charge in [0.2, 0.25) is 5.91 Å². The molecule has 0 saturated carbocycles. The Labute approximate surface area is 156 Å². The minimum Gasteiger partial charge on any atom is -0.375 e. The van der Waals surface area contributed by atoms with Gasteiger partial charge in [-0.2, -0.15) is 0 Å². The van der Waals surface area contributed by atoms with Crippen molar-refractivity contribution in [3.8, 4) is 0 Å². The van der Waals surface area contributed by atoms with E-state index in [9.17, 15) is 14.0 Å². The second-order valence-corrected chi connectivity index (χ2v) is 6.30. The number of carbonyl (C=O) groups excluding carboxylic acids is 1. The summed E-state index contributed by atoms with van der Waals surface area (Å²) in [6.45, 7) is 1.15. The van der Waals surface area contributed by atoms with Crippen molar-refractivity contribution in [3.05, 3.63) is 71.0 Å². The van der Waals surface area contributed by atoms with Crippen LogP contribution < -0.4 is 15.8 Å². The normalized spacial score (nSPS) is 10.7. The van der Waals surface area contributed by atoms with E-state index >= 15 is 0 Å². The largest absolute Gasteiger partial charge is 0.375 e. The Morgan fingerprint density at radius 3 is 2.78 bits per heavy atom. The summed E-state index contributed by atoms with van der Waals surface area (Å²) in [4.78, 5) is 30.7. The van der Waals surface area contributed by atoms with Gasteiger partial charge in [-0.1, -0.05) is 18.2 Å². The molecule has 0 aliphatic rings. The number of aromatic nitrogens is 2. The van der Waals surface area contributed by atoms with Gasteiger partial charge in [-0.05, 0) is 36.8 Å². The lowest BCUT2D eigenvalue weighted by molar-refractivity contribution is -0.121. The molecule has 1 aromatic heterocycles. The van der Waals surface area contributed by atoms with Gasteiger partial charge in [0.15, 0.2) is 0 Å². The highest BCUT2D eigenvalue weighted by atomic mass is 19.1. The summed E-state index contributed by atoms with van der Waals surface area (Å²) in [6.07, 6.45) is 2.08. The first kappa shape index (κ1) is 18.6. The number of anilines is 1. The monoisotopic (exact) mass is 368 g/mol. The van der Waals surface area contributed by atoms with Gasteiger partial charge >= 0.3 is 0 Å². The van der Waals surface area contributed by atoms with Gasteiger partial charge in [0.25, 0.3) is 5.56 Å². The van der Waals surface area contributed by atoms with E-state index in [0.29, 0.717) is 12.1 Å². The van der Waals surface area contributed by atoms with Crippen LogP contribution in [0.5, 0.6) is 0 Å². The summed E-state index contributed by atoms with van der Waals surface area (Å²) in [5.74, 6) is -0.789. The van der Waals surface area contributed by atoms with Crippen LogP contribution in [0.25, 0.3) is 10.9 Å². The van der Waals surface area contributed by atoms with Crippen molar-refractivity contribution in [2.45, 2.75) is 13.0 Å². The van der Waals surface area contributed by atoms with Crippen molar-refractivity contribution in [2.75, 3.05) is 25.0 Å². The molecule has 0 unspecified atom stereocenters. The molecule has 6 nitrogen and oxygen atoms in total. The van der Waals surface area contributed by atoms with E-state index in [1.165, 1.54) is 23.0 Å². The van der Waals surface area contributed by atoms with E-state index in [2.05, 4.69) is 15.2 Å². The molecule has 0 aliphatic heterocycles. The van der Waals surface area contributed by atoms with Crippen LogP contribution >= 0.6 is 0 Å². The molecular weight excluding hydrogens is 347 g/mol. The first-order valence-electron chi connectivity index (χ1n) is 8.72. The van der Waals surface area contributed by atoms with Gasteiger partial charge in [0.05, 0.1) is 17.2 Å². The molecule has 2 aromatic carbocycles. The Hall–Kier alpha value is -3.22. The van der Waals surface area contributed by atoms with E-state index in [1.807, 2.05) is 37.4 Å². The van der Waals surface area contributed by atoms with E-state index in [-0.39, 0.29) is 17.8 Å². The maximum atomic E-state index is 13.3. The molecule has 27 heavy (non-hydrogen) atoms.